The average molecular weight is 175 g/mol. The standard InChI is InChI=1S/C10H9NO2/c1-7(6-12)8-3-2-4-10(13)9(8)5-11/h2-4,6-7,13H,1H3. The Morgan fingerprint density at radius 2 is 2.31 bits per heavy atom. The van der Waals surface area contributed by atoms with Gasteiger partial charge in [-0.05, 0) is 11.6 Å². The number of carbonyl (C=O) groups excluding carboxylic acids is 1. The molecule has 0 spiro atoms. The molecule has 3 heteroatoms. The maximum Gasteiger partial charge on any atom is 0.133 e. The van der Waals surface area contributed by atoms with Gasteiger partial charge in [-0.25, -0.2) is 0 Å². The van der Waals surface area contributed by atoms with Crippen LogP contribution in [0.25, 0.3) is 0 Å². The fourth-order valence-electron chi connectivity index (χ4n) is 1.13. The lowest BCUT2D eigenvalue weighted by molar-refractivity contribution is -0.108. The van der Waals surface area contributed by atoms with Gasteiger partial charge in [-0.15, -0.1) is 0 Å². The smallest absolute Gasteiger partial charge is 0.133 e. The summed E-state index contributed by atoms with van der Waals surface area (Å²) in [5.41, 5.74) is 0.750. The molecule has 1 rings (SSSR count). The summed E-state index contributed by atoms with van der Waals surface area (Å²) in [6.45, 7) is 1.68. The maximum absolute atomic E-state index is 10.5. The number of benzene rings is 1. The summed E-state index contributed by atoms with van der Waals surface area (Å²) in [4.78, 5) is 10.5. The Morgan fingerprint density at radius 1 is 1.62 bits per heavy atom. The van der Waals surface area contributed by atoms with Crippen molar-refractivity contribution < 1.29 is 9.90 Å². The number of phenolic OH excluding ortho intramolecular Hbond substituents is 1. The second-order valence-electron chi connectivity index (χ2n) is 2.78. The van der Waals surface area contributed by atoms with Gasteiger partial charge in [0.05, 0.1) is 5.56 Å². The van der Waals surface area contributed by atoms with Crippen LogP contribution in [-0.2, 0) is 4.79 Å². The zero-order valence-corrected chi connectivity index (χ0v) is 7.19. The molecule has 0 saturated carbocycles. The van der Waals surface area contributed by atoms with Crippen LogP contribution in [0.4, 0.5) is 0 Å². The molecule has 0 aliphatic carbocycles. The largest absolute Gasteiger partial charge is 0.507 e. The minimum atomic E-state index is -0.359. The van der Waals surface area contributed by atoms with Crippen LogP contribution >= 0.6 is 0 Å². The SMILES string of the molecule is CC(C=O)c1cccc(O)c1C#N. The highest BCUT2D eigenvalue weighted by atomic mass is 16.3. The number of aldehydes is 1. The zero-order chi connectivity index (χ0) is 9.84. The van der Waals surface area contributed by atoms with Gasteiger partial charge in [-0.1, -0.05) is 19.1 Å². The second kappa shape index (κ2) is 3.72. The Hall–Kier alpha value is -1.82. The predicted octanol–water partition coefficient (Wildman–Crippen LogP) is 1.57. The van der Waals surface area contributed by atoms with E-state index in [4.69, 9.17) is 5.26 Å². The summed E-state index contributed by atoms with van der Waals surface area (Å²) in [6.07, 6.45) is 0.746. The minimum Gasteiger partial charge on any atom is -0.507 e. The van der Waals surface area contributed by atoms with E-state index in [9.17, 15) is 9.90 Å². The van der Waals surface area contributed by atoms with Gasteiger partial charge < -0.3 is 9.90 Å². The third-order valence-electron chi connectivity index (χ3n) is 1.88. The number of hydrogen-bond donors (Lipinski definition) is 1. The van der Waals surface area contributed by atoms with Gasteiger partial charge in [0.25, 0.3) is 0 Å². The number of carbonyl (C=O) groups is 1. The first-order chi connectivity index (χ1) is 6.20. The number of hydrogen-bond acceptors (Lipinski definition) is 3. The molecule has 0 aromatic heterocycles. The summed E-state index contributed by atoms with van der Waals surface area (Å²) < 4.78 is 0. The quantitative estimate of drug-likeness (QED) is 0.694. The number of nitrogens with zero attached hydrogens (tertiary/aromatic N) is 1. The monoisotopic (exact) mass is 175 g/mol. The molecule has 1 atom stereocenters. The Morgan fingerprint density at radius 3 is 2.85 bits per heavy atom. The van der Waals surface area contributed by atoms with Crippen molar-refractivity contribution >= 4 is 6.29 Å². The van der Waals surface area contributed by atoms with Crippen LogP contribution in [0.2, 0.25) is 0 Å². The van der Waals surface area contributed by atoms with Crippen molar-refractivity contribution in [3.05, 3.63) is 29.3 Å². The lowest BCUT2D eigenvalue weighted by Gasteiger charge is -2.06. The molecule has 3 nitrogen and oxygen atoms in total. The van der Waals surface area contributed by atoms with Crippen molar-refractivity contribution in [1.29, 1.82) is 5.26 Å². The molecule has 1 aromatic rings. The van der Waals surface area contributed by atoms with E-state index >= 15 is 0 Å². The van der Waals surface area contributed by atoms with Gasteiger partial charge in [0.1, 0.15) is 18.1 Å². The van der Waals surface area contributed by atoms with Crippen LogP contribution in [0, 0.1) is 11.3 Å². The average Bonchev–Trinajstić information content (AvgIpc) is 2.16. The number of rotatable bonds is 2. The van der Waals surface area contributed by atoms with E-state index in [0.29, 0.717) is 5.56 Å². The normalized spacial score (nSPS) is 11.7. The zero-order valence-electron chi connectivity index (χ0n) is 7.19. The van der Waals surface area contributed by atoms with E-state index in [-0.39, 0.29) is 17.2 Å². The molecule has 0 saturated heterocycles. The number of aromatic hydroxyl groups is 1. The van der Waals surface area contributed by atoms with Crippen LogP contribution in [0.1, 0.15) is 24.0 Å². The molecule has 1 unspecified atom stereocenters. The molecule has 0 aliphatic heterocycles. The molecule has 0 heterocycles. The van der Waals surface area contributed by atoms with Crippen molar-refractivity contribution in [2.24, 2.45) is 0 Å². The van der Waals surface area contributed by atoms with Gasteiger partial charge in [0, 0.05) is 5.92 Å². The Balaban J connectivity index is 3.29. The first kappa shape index (κ1) is 9.27. The van der Waals surface area contributed by atoms with Crippen molar-refractivity contribution in [3.63, 3.8) is 0 Å². The maximum atomic E-state index is 10.5. The Bertz CT molecular complexity index is 366. The molecule has 0 fully saturated rings. The van der Waals surface area contributed by atoms with E-state index in [2.05, 4.69) is 0 Å². The van der Waals surface area contributed by atoms with E-state index in [1.807, 2.05) is 6.07 Å². The molecule has 1 N–H and O–H groups in total. The topological polar surface area (TPSA) is 61.1 Å². The molecule has 0 aliphatic rings. The summed E-state index contributed by atoms with van der Waals surface area (Å²) in [6, 6.07) is 6.58. The van der Waals surface area contributed by atoms with Gasteiger partial charge >= 0.3 is 0 Å². The first-order valence-corrected chi connectivity index (χ1v) is 3.88. The van der Waals surface area contributed by atoms with E-state index in [0.717, 1.165) is 6.29 Å². The molecule has 0 radical (unpaired) electrons. The fraction of sp³-hybridized carbons (Fsp3) is 0.200. The highest BCUT2D eigenvalue weighted by molar-refractivity contribution is 5.65. The summed E-state index contributed by atoms with van der Waals surface area (Å²) >= 11 is 0. The predicted molar refractivity (Wildman–Crippen MR) is 47.3 cm³/mol. The van der Waals surface area contributed by atoms with E-state index in [1.165, 1.54) is 6.07 Å². The van der Waals surface area contributed by atoms with Gasteiger partial charge in [-0.2, -0.15) is 5.26 Å². The molecule has 66 valence electrons. The van der Waals surface area contributed by atoms with Crippen LogP contribution in [-0.4, -0.2) is 11.4 Å². The van der Waals surface area contributed by atoms with Crippen LogP contribution in [0.3, 0.4) is 0 Å². The summed E-state index contributed by atoms with van der Waals surface area (Å²) in [7, 11) is 0. The molecule has 0 amide bonds. The van der Waals surface area contributed by atoms with Crippen LogP contribution in [0.5, 0.6) is 5.75 Å². The van der Waals surface area contributed by atoms with E-state index < -0.39 is 0 Å². The fourth-order valence-corrected chi connectivity index (χ4v) is 1.13. The van der Waals surface area contributed by atoms with Gasteiger partial charge in [0.2, 0.25) is 0 Å². The second-order valence-corrected chi connectivity index (χ2v) is 2.78. The molecule has 0 bridgehead atoms. The highest BCUT2D eigenvalue weighted by Gasteiger charge is 2.12. The lowest BCUT2D eigenvalue weighted by Crippen LogP contribution is -1.97. The van der Waals surface area contributed by atoms with Crippen molar-refractivity contribution in [1.82, 2.24) is 0 Å². The first-order valence-electron chi connectivity index (χ1n) is 3.88. The van der Waals surface area contributed by atoms with Crippen molar-refractivity contribution in [2.75, 3.05) is 0 Å². The van der Waals surface area contributed by atoms with Crippen molar-refractivity contribution in [3.8, 4) is 11.8 Å². The third-order valence-corrected chi connectivity index (χ3v) is 1.88. The van der Waals surface area contributed by atoms with E-state index in [1.54, 1.807) is 19.1 Å². The van der Waals surface area contributed by atoms with Crippen LogP contribution in [0.15, 0.2) is 18.2 Å². The molecule has 13 heavy (non-hydrogen) atoms. The Kier molecular flexibility index (Phi) is 2.65. The molecule has 1 aromatic carbocycles. The minimum absolute atomic E-state index is 0.0753. The number of phenols is 1. The summed E-state index contributed by atoms with van der Waals surface area (Å²) in [5, 5.41) is 18.0. The number of nitriles is 1. The lowest BCUT2D eigenvalue weighted by atomic mass is 9.97. The summed E-state index contributed by atoms with van der Waals surface area (Å²) in [5.74, 6) is -0.435. The van der Waals surface area contributed by atoms with Crippen molar-refractivity contribution in [2.45, 2.75) is 12.8 Å². The highest BCUT2D eigenvalue weighted by Crippen LogP contribution is 2.24. The molecular formula is C10H9NO2. The third kappa shape index (κ3) is 1.67. The Labute approximate surface area is 76.2 Å². The molecular weight excluding hydrogens is 166 g/mol. The van der Waals surface area contributed by atoms with Gasteiger partial charge in [0.15, 0.2) is 0 Å². The van der Waals surface area contributed by atoms with Crippen LogP contribution < -0.4 is 0 Å². The van der Waals surface area contributed by atoms with Gasteiger partial charge in [-0.3, -0.25) is 0 Å².